The molecule has 16 heavy (non-hydrogen) atoms. The maximum Gasteiger partial charge on any atom is 0.0672 e. The van der Waals surface area contributed by atoms with Crippen LogP contribution in [0.15, 0.2) is 0 Å². The summed E-state index contributed by atoms with van der Waals surface area (Å²) < 4.78 is 5.55. The highest BCUT2D eigenvalue weighted by Gasteiger charge is 2.28. The van der Waals surface area contributed by atoms with E-state index in [0.29, 0.717) is 18.1 Å². The first-order valence-electron chi connectivity index (χ1n) is 6.56. The lowest BCUT2D eigenvalue weighted by atomic mass is 9.85. The molecule has 1 saturated carbocycles. The first-order chi connectivity index (χ1) is 7.81. The van der Waals surface area contributed by atoms with Crippen LogP contribution in [0, 0.1) is 23.2 Å². The molecule has 1 aliphatic carbocycles. The van der Waals surface area contributed by atoms with Gasteiger partial charge in [-0.25, -0.2) is 0 Å². The van der Waals surface area contributed by atoms with E-state index in [4.69, 9.17) is 10.00 Å². The molecule has 90 valence electrons. The topological polar surface area (TPSA) is 45.0 Å². The molecule has 0 bridgehead atoms. The monoisotopic (exact) mass is 222 g/mol. The maximum atomic E-state index is 9.09. The Balaban J connectivity index is 1.77. The van der Waals surface area contributed by atoms with Gasteiger partial charge in [0.15, 0.2) is 0 Å². The van der Waals surface area contributed by atoms with Crippen LogP contribution in [0.3, 0.4) is 0 Å². The lowest BCUT2D eigenvalue weighted by molar-refractivity contribution is 0.104. The Kier molecular flexibility index (Phi) is 4.20. The molecule has 4 atom stereocenters. The highest BCUT2D eigenvalue weighted by molar-refractivity contribution is 4.95. The minimum atomic E-state index is 0.228. The van der Waals surface area contributed by atoms with Crippen molar-refractivity contribution in [1.82, 2.24) is 5.32 Å². The van der Waals surface area contributed by atoms with Crippen LogP contribution in [0.5, 0.6) is 0 Å². The van der Waals surface area contributed by atoms with Crippen molar-refractivity contribution in [2.75, 3.05) is 13.2 Å². The standard InChI is InChI=1S/C13H22N2O/c1-10-12(6-7-16-10)9-15-13-5-3-2-4-11(13)8-14/h10-13,15H,2-7,9H2,1H3. The molecule has 1 heterocycles. The van der Waals surface area contributed by atoms with E-state index in [1.54, 1.807) is 0 Å². The van der Waals surface area contributed by atoms with Gasteiger partial charge >= 0.3 is 0 Å². The third-order valence-corrected chi connectivity index (χ3v) is 4.11. The Bertz CT molecular complexity index is 261. The van der Waals surface area contributed by atoms with Gasteiger partial charge < -0.3 is 10.1 Å². The summed E-state index contributed by atoms with van der Waals surface area (Å²) >= 11 is 0. The van der Waals surface area contributed by atoms with Crippen LogP contribution < -0.4 is 5.32 Å². The third-order valence-electron chi connectivity index (χ3n) is 4.11. The van der Waals surface area contributed by atoms with E-state index < -0.39 is 0 Å². The highest BCUT2D eigenvalue weighted by atomic mass is 16.5. The first-order valence-corrected chi connectivity index (χ1v) is 6.56. The predicted octanol–water partition coefficient (Wildman–Crippen LogP) is 2.08. The predicted molar refractivity (Wildman–Crippen MR) is 62.9 cm³/mol. The Morgan fingerprint density at radius 2 is 2.12 bits per heavy atom. The second-order valence-electron chi connectivity index (χ2n) is 5.16. The Labute approximate surface area is 98.2 Å². The number of ether oxygens (including phenoxy) is 1. The molecule has 0 radical (unpaired) electrons. The van der Waals surface area contributed by atoms with Gasteiger partial charge in [0, 0.05) is 19.2 Å². The van der Waals surface area contributed by atoms with E-state index in [1.165, 1.54) is 19.3 Å². The van der Waals surface area contributed by atoms with Crippen LogP contribution >= 0.6 is 0 Å². The summed E-state index contributed by atoms with van der Waals surface area (Å²) in [6.45, 7) is 4.08. The summed E-state index contributed by atoms with van der Waals surface area (Å²) in [6, 6.07) is 2.87. The van der Waals surface area contributed by atoms with E-state index in [9.17, 15) is 0 Å². The maximum absolute atomic E-state index is 9.09. The molecule has 3 heteroatoms. The molecule has 1 aliphatic heterocycles. The summed E-state index contributed by atoms with van der Waals surface area (Å²) in [5, 5.41) is 12.7. The van der Waals surface area contributed by atoms with Crippen LogP contribution in [0.25, 0.3) is 0 Å². The van der Waals surface area contributed by atoms with Gasteiger partial charge in [-0.05, 0) is 32.1 Å². The van der Waals surface area contributed by atoms with Gasteiger partial charge in [0.1, 0.15) is 0 Å². The molecule has 2 aliphatic rings. The lowest BCUT2D eigenvalue weighted by Gasteiger charge is -2.29. The normalized spacial score (nSPS) is 39.5. The summed E-state index contributed by atoms with van der Waals surface area (Å²) in [5.41, 5.74) is 0. The number of nitrogens with one attached hydrogen (secondary N) is 1. The Morgan fingerprint density at radius 3 is 2.81 bits per heavy atom. The molecule has 0 aromatic rings. The van der Waals surface area contributed by atoms with Crippen molar-refractivity contribution < 1.29 is 4.74 Å². The van der Waals surface area contributed by atoms with Crippen LogP contribution in [-0.2, 0) is 4.74 Å². The number of hydrogen-bond acceptors (Lipinski definition) is 3. The van der Waals surface area contributed by atoms with Gasteiger partial charge in [-0.15, -0.1) is 0 Å². The van der Waals surface area contributed by atoms with Gasteiger partial charge in [-0.3, -0.25) is 0 Å². The summed E-state index contributed by atoms with van der Waals surface area (Å²) in [4.78, 5) is 0. The van der Waals surface area contributed by atoms with E-state index in [1.807, 2.05) is 0 Å². The van der Waals surface area contributed by atoms with E-state index in [0.717, 1.165) is 26.0 Å². The van der Waals surface area contributed by atoms with Crippen LogP contribution in [0.1, 0.15) is 39.0 Å². The average Bonchev–Trinajstić information content (AvgIpc) is 2.72. The van der Waals surface area contributed by atoms with Gasteiger partial charge in [0.05, 0.1) is 18.1 Å². The molecule has 2 rings (SSSR count). The Morgan fingerprint density at radius 1 is 1.31 bits per heavy atom. The smallest absolute Gasteiger partial charge is 0.0672 e. The van der Waals surface area contributed by atoms with Gasteiger partial charge in [-0.1, -0.05) is 12.8 Å². The minimum absolute atomic E-state index is 0.228. The molecule has 3 nitrogen and oxygen atoms in total. The van der Waals surface area contributed by atoms with Crippen molar-refractivity contribution in [2.45, 2.75) is 51.2 Å². The van der Waals surface area contributed by atoms with E-state index >= 15 is 0 Å². The van der Waals surface area contributed by atoms with Crippen LogP contribution in [0.2, 0.25) is 0 Å². The molecule has 0 aromatic heterocycles. The summed E-state index contributed by atoms with van der Waals surface area (Å²) in [5.74, 6) is 0.868. The molecule has 0 aromatic carbocycles. The average molecular weight is 222 g/mol. The zero-order valence-corrected chi connectivity index (χ0v) is 10.1. The second kappa shape index (κ2) is 5.65. The molecule has 0 spiro atoms. The fraction of sp³-hybridized carbons (Fsp3) is 0.923. The fourth-order valence-electron chi connectivity index (χ4n) is 2.88. The Hall–Kier alpha value is -0.590. The molecule has 0 amide bonds. The van der Waals surface area contributed by atoms with Crippen molar-refractivity contribution in [3.63, 3.8) is 0 Å². The molecule has 1 N–H and O–H groups in total. The van der Waals surface area contributed by atoms with Gasteiger partial charge in [0.2, 0.25) is 0 Å². The molecular weight excluding hydrogens is 200 g/mol. The van der Waals surface area contributed by atoms with Crippen molar-refractivity contribution in [2.24, 2.45) is 11.8 Å². The van der Waals surface area contributed by atoms with E-state index in [2.05, 4.69) is 18.3 Å². The molecular formula is C13H22N2O. The SMILES string of the molecule is CC1OCCC1CNC1CCCCC1C#N. The third kappa shape index (κ3) is 2.75. The van der Waals surface area contributed by atoms with Crippen molar-refractivity contribution in [3.05, 3.63) is 0 Å². The number of nitrogens with zero attached hydrogens (tertiary/aromatic N) is 1. The van der Waals surface area contributed by atoms with Crippen molar-refractivity contribution >= 4 is 0 Å². The molecule has 2 fully saturated rings. The molecule has 4 unspecified atom stereocenters. The zero-order chi connectivity index (χ0) is 11.4. The largest absolute Gasteiger partial charge is 0.378 e. The summed E-state index contributed by atoms with van der Waals surface area (Å²) in [7, 11) is 0. The first kappa shape index (κ1) is 11.9. The lowest BCUT2D eigenvalue weighted by Crippen LogP contribution is -2.41. The van der Waals surface area contributed by atoms with Gasteiger partial charge in [0.25, 0.3) is 0 Å². The minimum Gasteiger partial charge on any atom is -0.378 e. The second-order valence-corrected chi connectivity index (χ2v) is 5.16. The quantitative estimate of drug-likeness (QED) is 0.795. The van der Waals surface area contributed by atoms with Crippen molar-refractivity contribution in [1.29, 1.82) is 5.26 Å². The van der Waals surface area contributed by atoms with Gasteiger partial charge in [-0.2, -0.15) is 5.26 Å². The summed E-state index contributed by atoms with van der Waals surface area (Å²) in [6.07, 6.45) is 6.28. The van der Waals surface area contributed by atoms with E-state index in [-0.39, 0.29) is 5.92 Å². The number of rotatable bonds is 3. The number of hydrogen-bond donors (Lipinski definition) is 1. The van der Waals surface area contributed by atoms with Crippen molar-refractivity contribution in [3.8, 4) is 6.07 Å². The zero-order valence-electron chi connectivity index (χ0n) is 10.1. The highest BCUT2D eigenvalue weighted by Crippen LogP contribution is 2.25. The van der Waals surface area contributed by atoms with Crippen LogP contribution in [-0.4, -0.2) is 25.3 Å². The molecule has 1 saturated heterocycles. The fourth-order valence-corrected chi connectivity index (χ4v) is 2.88. The van der Waals surface area contributed by atoms with Crippen LogP contribution in [0.4, 0.5) is 0 Å². The number of nitriles is 1.